The monoisotopic (exact) mass is 179 g/mol. The van der Waals surface area contributed by atoms with Crippen molar-refractivity contribution in [3.05, 3.63) is 17.1 Å². The maximum Gasteiger partial charge on any atom is 0.220 e. The van der Waals surface area contributed by atoms with Crippen molar-refractivity contribution >= 4 is 0 Å². The van der Waals surface area contributed by atoms with Gasteiger partial charge in [-0.15, -0.1) is 0 Å². The molecule has 2 rings (SSSR count). The molecule has 0 saturated carbocycles. The molecule has 0 amide bonds. The average molecular weight is 179 g/mol. The summed E-state index contributed by atoms with van der Waals surface area (Å²) in [5, 5.41) is 0. The van der Waals surface area contributed by atoms with E-state index in [9.17, 15) is 0 Å². The van der Waals surface area contributed by atoms with Crippen molar-refractivity contribution < 1.29 is 4.74 Å². The Labute approximate surface area is 77.1 Å². The van der Waals surface area contributed by atoms with Gasteiger partial charge in [-0.25, -0.2) is 4.98 Å². The zero-order valence-corrected chi connectivity index (χ0v) is 7.71. The summed E-state index contributed by atoms with van der Waals surface area (Å²) < 4.78 is 5.38. The molecule has 4 nitrogen and oxygen atoms in total. The van der Waals surface area contributed by atoms with Gasteiger partial charge in [-0.05, 0) is 6.42 Å². The van der Waals surface area contributed by atoms with Crippen LogP contribution in [-0.2, 0) is 19.4 Å². The van der Waals surface area contributed by atoms with Crippen LogP contribution >= 0.6 is 0 Å². The number of ether oxygens (including phenoxy) is 1. The van der Waals surface area contributed by atoms with Gasteiger partial charge in [0.25, 0.3) is 0 Å². The van der Waals surface area contributed by atoms with E-state index < -0.39 is 0 Å². The van der Waals surface area contributed by atoms with E-state index in [1.807, 2.05) is 0 Å². The fourth-order valence-corrected chi connectivity index (χ4v) is 1.56. The van der Waals surface area contributed by atoms with Crippen LogP contribution in [0.3, 0.4) is 0 Å². The molecule has 0 unspecified atom stereocenters. The van der Waals surface area contributed by atoms with Crippen LogP contribution in [0.4, 0.5) is 0 Å². The molecule has 4 heteroatoms. The van der Waals surface area contributed by atoms with Gasteiger partial charge in [0.15, 0.2) is 0 Å². The highest BCUT2D eigenvalue weighted by Gasteiger charge is 2.18. The maximum atomic E-state index is 5.49. The third-order valence-corrected chi connectivity index (χ3v) is 2.21. The second-order valence-electron chi connectivity index (χ2n) is 3.03. The molecule has 2 N–H and O–H groups in total. The van der Waals surface area contributed by atoms with Gasteiger partial charge < -0.3 is 10.5 Å². The molecule has 1 aromatic heterocycles. The Morgan fingerprint density at radius 1 is 1.46 bits per heavy atom. The predicted octanol–water partition coefficient (Wildman–Crippen LogP) is 0.433. The SMILES string of the molecule is CCc1nc(CN)nc2c1CCO2. The van der Waals surface area contributed by atoms with Crippen LogP contribution in [-0.4, -0.2) is 16.6 Å². The molecule has 0 spiro atoms. The van der Waals surface area contributed by atoms with Crippen LogP contribution in [0, 0.1) is 0 Å². The van der Waals surface area contributed by atoms with Gasteiger partial charge in [0, 0.05) is 12.0 Å². The molecule has 0 fully saturated rings. The summed E-state index contributed by atoms with van der Waals surface area (Å²) >= 11 is 0. The lowest BCUT2D eigenvalue weighted by Gasteiger charge is -2.05. The zero-order valence-electron chi connectivity index (χ0n) is 7.71. The van der Waals surface area contributed by atoms with Crippen LogP contribution in [0.2, 0.25) is 0 Å². The molecular weight excluding hydrogens is 166 g/mol. The van der Waals surface area contributed by atoms with Gasteiger partial charge in [0.05, 0.1) is 18.8 Å². The normalized spacial score (nSPS) is 14.0. The van der Waals surface area contributed by atoms with Crippen molar-refractivity contribution in [2.75, 3.05) is 6.61 Å². The molecule has 0 radical (unpaired) electrons. The zero-order chi connectivity index (χ0) is 9.26. The van der Waals surface area contributed by atoms with E-state index in [4.69, 9.17) is 10.5 Å². The number of hydrogen-bond acceptors (Lipinski definition) is 4. The van der Waals surface area contributed by atoms with E-state index in [1.165, 1.54) is 5.56 Å². The molecule has 70 valence electrons. The van der Waals surface area contributed by atoms with Crippen LogP contribution in [0.5, 0.6) is 5.88 Å². The fraction of sp³-hybridized carbons (Fsp3) is 0.556. The minimum absolute atomic E-state index is 0.379. The summed E-state index contributed by atoms with van der Waals surface area (Å²) in [7, 11) is 0. The first kappa shape index (κ1) is 8.44. The Balaban J connectivity index is 2.49. The van der Waals surface area contributed by atoms with Gasteiger partial charge >= 0.3 is 0 Å². The Kier molecular flexibility index (Phi) is 2.14. The molecule has 0 aromatic carbocycles. The summed E-state index contributed by atoms with van der Waals surface area (Å²) in [5.74, 6) is 1.42. The number of nitrogens with zero attached hydrogens (tertiary/aromatic N) is 2. The Morgan fingerprint density at radius 3 is 3.00 bits per heavy atom. The minimum atomic E-state index is 0.379. The highest BCUT2D eigenvalue weighted by molar-refractivity contribution is 5.34. The third-order valence-electron chi connectivity index (χ3n) is 2.21. The van der Waals surface area contributed by atoms with Crippen molar-refractivity contribution in [1.29, 1.82) is 0 Å². The predicted molar refractivity (Wildman–Crippen MR) is 48.5 cm³/mol. The first-order valence-electron chi connectivity index (χ1n) is 4.56. The Morgan fingerprint density at radius 2 is 2.31 bits per heavy atom. The number of hydrogen-bond donors (Lipinski definition) is 1. The molecule has 1 aromatic rings. The fourth-order valence-electron chi connectivity index (χ4n) is 1.56. The molecule has 2 heterocycles. The van der Waals surface area contributed by atoms with E-state index in [2.05, 4.69) is 16.9 Å². The van der Waals surface area contributed by atoms with E-state index >= 15 is 0 Å². The quantitative estimate of drug-likeness (QED) is 0.715. The highest BCUT2D eigenvalue weighted by Crippen LogP contribution is 2.25. The van der Waals surface area contributed by atoms with E-state index in [-0.39, 0.29) is 0 Å². The summed E-state index contributed by atoms with van der Waals surface area (Å²) in [4.78, 5) is 8.59. The largest absolute Gasteiger partial charge is 0.477 e. The number of aromatic nitrogens is 2. The van der Waals surface area contributed by atoms with Gasteiger partial charge in [0.2, 0.25) is 5.88 Å². The standard InChI is InChI=1S/C9H13N3O/c1-2-7-6-3-4-13-9(6)12-8(5-10)11-7/h2-5,10H2,1H3. The third kappa shape index (κ3) is 1.37. The van der Waals surface area contributed by atoms with E-state index in [0.29, 0.717) is 12.4 Å². The second kappa shape index (κ2) is 3.30. The van der Waals surface area contributed by atoms with Crippen molar-refractivity contribution in [3.63, 3.8) is 0 Å². The summed E-state index contributed by atoms with van der Waals surface area (Å²) in [6.07, 6.45) is 1.85. The smallest absolute Gasteiger partial charge is 0.220 e. The lowest BCUT2D eigenvalue weighted by Crippen LogP contribution is -2.07. The molecular formula is C9H13N3O. The van der Waals surface area contributed by atoms with Gasteiger partial charge in [0.1, 0.15) is 5.82 Å². The van der Waals surface area contributed by atoms with E-state index in [0.717, 1.165) is 31.0 Å². The highest BCUT2D eigenvalue weighted by atomic mass is 16.5. The van der Waals surface area contributed by atoms with Gasteiger partial charge in [-0.1, -0.05) is 6.92 Å². The molecule has 0 bridgehead atoms. The number of aryl methyl sites for hydroxylation is 1. The van der Waals surface area contributed by atoms with Crippen molar-refractivity contribution in [2.45, 2.75) is 26.3 Å². The first-order chi connectivity index (χ1) is 6.35. The number of fused-ring (bicyclic) bond motifs is 1. The first-order valence-corrected chi connectivity index (χ1v) is 4.56. The van der Waals surface area contributed by atoms with Crippen LogP contribution < -0.4 is 10.5 Å². The number of nitrogens with two attached hydrogens (primary N) is 1. The van der Waals surface area contributed by atoms with Crippen molar-refractivity contribution in [1.82, 2.24) is 9.97 Å². The average Bonchev–Trinajstić information content (AvgIpc) is 2.63. The molecule has 0 atom stereocenters. The van der Waals surface area contributed by atoms with Crippen LogP contribution in [0.15, 0.2) is 0 Å². The summed E-state index contributed by atoms with van der Waals surface area (Å²) in [5.41, 5.74) is 7.74. The van der Waals surface area contributed by atoms with Crippen molar-refractivity contribution in [2.24, 2.45) is 5.73 Å². The Hall–Kier alpha value is -1.16. The molecule has 1 aliphatic rings. The van der Waals surface area contributed by atoms with Crippen LogP contribution in [0.1, 0.15) is 24.0 Å². The number of rotatable bonds is 2. The summed E-state index contributed by atoms with van der Waals surface area (Å²) in [6, 6.07) is 0. The topological polar surface area (TPSA) is 61.0 Å². The molecule has 0 aliphatic carbocycles. The molecule has 0 saturated heterocycles. The molecule has 13 heavy (non-hydrogen) atoms. The maximum absolute atomic E-state index is 5.49. The summed E-state index contributed by atoms with van der Waals surface area (Å²) in [6.45, 7) is 3.19. The second-order valence-corrected chi connectivity index (χ2v) is 3.03. The van der Waals surface area contributed by atoms with Gasteiger partial charge in [-0.2, -0.15) is 4.98 Å². The van der Waals surface area contributed by atoms with E-state index in [1.54, 1.807) is 0 Å². The van der Waals surface area contributed by atoms with Gasteiger partial charge in [-0.3, -0.25) is 0 Å². The lowest BCUT2D eigenvalue weighted by molar-refractivity contribution is 0.343. The van der Waals surface area contributed by atoms with Crippen molar-refractivity contribution in [3.8, 4) is 5.88 Å². The lowest BCUT2D eigenvalue weighted by atomic mass is 10.1. The Bertz CT molecular complexity index is 325. The van der Waals surface area contributed by atoms with Crippen LogP contribution in [0.25, 0.3) is 0 Å². The minimum Gasteiger partial charge on any atom is -0.477 e. The molecule has 1 aliphatic heterocycles.